The molecule has 32 heavy (non-hydrogen) atoms. The van der Waals surface area contributed by atoms with Gasteiger partial charge >= 0.3 is 0 Å². The molecule has 162 valence electrons. The van der Waals surface area contributed by atoms with Crippen LogP contribution in [0.2, 0.25) is 0 Å². The molecule has 4 atom stereocenters. The van der Waals surface area contributed by atoms with E-state index in [-0.39, 0.29) is 35.9 Å². The van der Waals surface area contributed by atoms with E-state index >= 15 is 0 Å². The second-order valence-corrected chi connectivity index (χ2v) is 8.84. The number of rotatable bonds is 2. The normalized spacial score (nSPS) is 31.7. The molecule has 0 bridgehead atoms. The molecule has 1 aromatic heterocycles. The Kier molecular flexibility index (Phi) is 4.19. The van der Waals surface area contributed by atoms with E-state index in [1.54, 1.807) is 6.20 Å². The first kappa shape index (κ1) is 19.2. The summed E-state index contributed by atoms with van der Waals surface area (Å²) in [4.78, 5) is 36.1. The number of β-lactam (4-membered cyclic amide) rings is 1. The second-order valence-electron chi connectivity index (χ2n) is 8.84. The average molecular weight is 428 g/mol. The number of aliphatic imine (C=N–C) groups is 1. The molecule has 0 spiro atoms. The number of hydrogen-bond acceptors (Lipinski definition) is 5. The molecule has 2 fully saturated rings. The van der Waals surface area contributed by atoms with Crippen molar-refractivity contribution in [1.82, 2.24) is 25.1 Å². The smallest absolute Gasteiger partial charge is 0.242 e. The number of benzene rings is 1. The first-order valence-corrected chi connectivity index (χ1v) is 11.0. The number of amides is 2. The predicted molar refractivity (Wildman–Crippen MR) is 119 cm³/mol. The van der Waals surface area contributed by atoms with Crippen molar-refractivity contribution >= 4 is 23.3 Å². The Balaban J connectivity index is 1.46. The van der Waals surface area contributed by atoms with Crippen LogP contribution in [0.4, 0.5) is 0 Å². The van der Waals surface area contributed by atoms with Crippen LogP contribution in [0.5, 0.6) is 0 Å². The highest BCUT2D eigenvalue weighted by Crippen LogP contribution is 2.43. The fourth-order valence-corrected chi connectivity index (χ4v) is 5.38. The molecular formula is C24H24N6O2. The lowest BCUT2D eigenvalue weighted by Gasteiger charge is -2.46. The van der Waals surface area contributed by atoms with Crippen LogP contribution in [0.1, 0.15) is 43.6 Å². The van der Waals surface area contributed by atoms with Crippen LogP contribution in [0.3, 0.4) is 0 Å². The van der Waals surface area contributed by atoms with E-state index in [1.807, 2.05) is 35.9 Å². The summed E-state index contributed by atoms with van der Waals surface area (Å²) in [6.45, 7) is 4.67. The minimum atomic E-state index is -0.348. The molecule has 4 aliphatic heterocycles. The topological polar surface area (TPSA) is 91.6 Å². The van der Waals surface area contributed by atoms with Gasteiger partial charge in [0.2, 0.25) is 11.8 Å². The van der Waals surface area contributed by atoms with Gasteiger partial charge in [0.25, 0.3) is 0 Å². The molecule has 8 heteroatoms. The third kappa shape index (κ3) is 2.72. The third-order valence-corrected chi connectivity index (χ3v) is 6.95. The summed E-state index contributed by atoms with van der Waals surface area (Å²) in [7, 11) is 0. The zero-order valence-corrected chi connectivity index (χ0v) is 17.9. The molecule has 4 aliphatic rings. The highest BCUT2D eigenvalue weighted by molar-refractivity contribution is 6.06. The van der Waals surface area contributed by atoms with Gasteiger partial charge in [0.15, 0.2) is 0 Å². The highest BCUT2D eigenvalue weighted by Gasteiger charge is 2.50. The number of imidazole rings is 1. The highest BCUT2D eigenvalue weighted by atomic mass is 16.2. The second kappa shape index (κ2) is 7.00. The van der Waals surface area contributed by atoms with Crippen molar-refractivity contribution in [2.45, 2.75) is 44.3 Å². The maximum Gasteiger partial charge on any atom is 0.242 e. The van der Waals surface area contributed by atoms with Gasteiger partial charge in [0, 0.05) is 24.9 Å². The number of aromatic nitrogens is 2. The molecule has 0 saturated carbocycles. The van der Waals surface area contributed by atoms with Gasteiger partial charge in [-0.1, -0.05) is 30.3 Å². The molecule has 0 radical (unpaired) electrons. The largest absolute Gasteiger partial charge is 0.327 e. The fraction of sp³-hybridized carbons (Fsp3) is 0.333. The van der Waals surface area contributed by atoms with Gasteiger partial charge in [0.1, 0.15) is 11.7 Å². The van der Waals surface area contributed by atoms with Gasteiger partial charge in [-0.3, -0.25) is 19.5 Å². The first-order chi connectivity index (χ1) is 15.5. The number of carbonyl (C=O) groups is 2. The number of nitrogens with zero attached hydrogens (tertiary/aromatic N) is 4. The van der Waals surface area contributed by atoms with Crippen LogP contribution in [0, 0.1) is 0 Å². The summed E-state index contributed by atoms with van der Waals surface area (Å²) in [5.74, 6) is 1.73. The van der Waals surface area contributed by atoms with Crippen molar-refractivity contribution in [3.05, 3.63) is 71.5 Å². The molecule has 4 unspecified atom stereocenters. The zero-order valence-electron chi connectivity index (χ0n) is 17.9. The van der Waals surface area contributed by atoms with Crippen LogP contribution >= 0.6 is 0 Å². The summed E-state index contributed by atoms with van der Waals surface area (Å²) >= 11 is 0. The molecule has 6 rings (SSSR count). The lowest BCUT2D eigenvalue weighted by molar-refractivity contribution is -0.127. The van der Waals surface area contributed by atoms with E-state index in [9.17, 15) is 9.59 Å². The number of carbonyl (C=O) groups excluding carboxylic acids is 2. The number of piperazine rings is 1. The maximum atomic E-state index is 12.9. The Morgan fingerprint density at radius 1 is 1.12 bits per heavy atom. The van der Waals surface area contributed by atoms with Gasteiger partial charge in [-0.15, -0.1) is 0 Å². The number of allylic oxidation sites excluding steroid dienone is 2. The Hall–Kier alpha value is -3.52. The third-order valence-electron chi connectivity index (χ3n) is 6.95. The van der Waals surface area contributed by atoms with Gasteiger partial charge < -0.3 is 15.2 Å². The monoisotopic (exact) mass is 428 g/mol. The molecule has 2 saturated heterocycles. The van der Waals surface area contributed by atoms with Crippen molar-refractivity contribution in [1.29, 1.82) is 0 Å². The van der Waals surface area contributed by atoms with E-state index in [1.165, 1.54) is 5.56 Å². The Labute approximate surface area is 185 Å². The average Bonchev–Trinajstić information content (AvgIpc) is 3.41. The SMILES string of the molecule is CC1=CC(=C2CC(=O)N2)n2ccnc2C1N1C(C)C(=O)NC2=NCC(c3ccccc3)C21. The molecule has 1 aromatic carbocycles. The molecule has 2 amide bonds. The van der Waals surface area contributed by atoms with E-state index in [0.717, 1.165) is 28.6 Å². The Morgan fingerprint density at radius 3 is 2.66 bits per heavy atom. The molecular weight excluding hydrogens is 404 g/mol. The lowest BCUT2D eigenvalue weighted by atomic mass is 9.86. The summed E-state index contributed by atoms with van der Waals surface area (Å²) in [6.07, 6.45) is 6.21. The lowest BCUT2D eigenvalue weighted by Crippen LogP contribution is -2.64. The number of hydrogen-bond donors (Lipinski definition) is 2. The van der Waals surface area contributed by atoms with Gasteiger partial charge in [0.05, 0.1) is 35.9 Å². The first-order valence-electron chi connectivity index (χ1n) is 11.0. The summed E-state index contributed by atoms with van der Waals surface area (Å²) < 4.78 is 2.04. The summed E-state index contributed by atoms with van der Waals surface area (Å²) in [5.41, 5.74) is 4.15. The van der Waals surface area contributed by atoms with Crippen molar-refractivity contribution in [2.75, 3.05) is 6.54 Å². The quantitative estimate of drug-likeness (QED) is 0.716. The molecule has 0 aliphatic carbocycles. The maximum absolute atomic E-state index is 12.9. The van der Waals surface area contributed by atoms with Crippen LogP contribution < -0.4 is 10.6 Å². The molecule has 2 aromatic rings. The van der Waals surface area contributed by atoms with E-state index < -0.39 is 0 Å². The molecule has 2 N–H and O–H groups in total. The van der Waals surface area contributed by atoms with Crippen molar-refractivity contribution in [3.63, 3.8) is 0 Å². The molecule has 5 heterocycles. The van der Waals surface area contributed by atoms with Crippen LogP contribution in [0.15, 0.2) is 65.1 Å². The standard InChI is InChI=1S/C24H24N6O2/c1-13-10-18(17-11-19(31)27-17)29-9-8-25-23(29)20(13)30-14(2)24(32)28-22-21(30)16(12-26-22)15-6-4-3-5-7-15/h3-10,14,16,20-21H,11-12H2,1-2H3,(H,27,31)(H,26,28,32). The predicted octanol–water partition coefficient (Wildman–Crippen LogP) is 1.96. The van der Waals surface area contributed by atoms with Crippen LogP contribution in [-0.4, -0.2) is 50.7 Å². The summed E-state index contributed by atoms with van der Waals surface area (Å²) in [6, 6.07) is 9.80. The minimum absolute atomic E-state index is 0.0289. The van der Waals surface area contributed by atoms with Gasteiger partial charge in [-0.2, -0.15) is 0 Å². The van der Waals surface area contributed by atoms with E-state index in [0.29, 0.717) is 13.0 Å². The van der Waals surface area contributed by atoms with Crippen LogP contribution in [-0.2, 0) is 9.59 Å². The minimum Gasteiger partial charge on any atom is -0.327 e. The number of fused-ring (bicyclic) bond motifs is 2. The van der Waals surface area contributed by atoms with Crippen molar-refractivity contribution in [3.8, 4) is 0 Å². The number of nitrogens with one attached hydrogen (secondary N) is 2. The molecule has 8 nitrogen and oxygen atoms in total. The Bertz CT molecular complexity index is 1210. The summed E-state index contributed by atoms with van der Waals surface area (Å²) in [5, 5.41) is 5.94. The van der Waals surface area contributed by atoms with Gasteiger partial charge in [-0.05, 0) is 31.1 Å². The Morgan fingerprint density at radius 2 is 1.91 bits per heavy atom. The zero-order chi connectivity index (χ0) is 22.0. The van der Waals surface area contributed by atoms with E-state index in [4.69, 9.17) is 9.98 Å². The van der Waals surface area contributed by atoms with Gasteiger partial charge in [-0.25, -0.2) is 4.98 Å². The van der Waals surface area contributed by atoms with Crippen molar-refractivity contribution in [2.24, 2.45) is 4.99 Å². The fourth-order valence-electron chi connectivity index (χ4n) is 5.38. The van der Waals surface area contributed by atoms with Crippen molar-refractivity contribution < 1.29 is 9.59 Å². The van der Waals surface area contributed by atoms with E-state index in [2.05, 4.69) is 40.7 Å². The van der Waals surface area contributed by atoms with Crippen LogP contribution in [0.25, 0.3) is 5.70 Å². The number of amidine groups is 1.